The van der Waals surface area contributed by atoms with E-state index in [1.165, 1.54) is 0 Å². The maximum atomic E-state index is 10.7. The van der Waals surface area contributed by atoms with Gasteiger partial charge in [0.2, 0.25) is 5.95 Å². The summed E-state index contributed by atoms with van der Waals surface area (Å²) < 4.78 is 0. The zero-order valence-electron chi connectivity index (χ0n) is 14.6. The van der Waals surface area contributed by atoms with Crippen LogP contribution in [0.1, 0.15) is 12.0 Å². The maximum Gasteiger partial charge on any atom is 0.305 e. The Labute approximate surface area is 161 Å². The summed E-state index contributed by atoms with van der Waals surface area (Å²) in [5.41, 5.74) is 3.30. The number of anilines is 3. The number of benzene rings is 1. The van der Waals surface area contributed by atoms with E-state index in [0.29, 0.717) is 23.3 Å². The normalized spacial score (nSPS) is 10.4. The molecule has 27 heavy (non-hydrogen) atoms. The fraction of sp³-hybridized carbons (Fsp3) is 0.158. The van der Waals surface area contributed by atoms with Gasteiger partial charge in [-0.3, -0.25) is 4.79 Å². The number of nitrogens with one attached hydrogen (secondary N) is 2. The van der Waals surface area contributed by atoms with E-state index in [0.717, 1.165) is 22.5 Å². The molecule has 1 aromatic carbocycles. The van der Waals surface area contributed by atoms with Gasteiger partial charge in [0.05, 0.1) is 12.1 Å². The standard InChI is InChI=1S/C19H18ClN5O2/c1-12-15(5-8-21-18(12)22-10-7-17(26)27)16-6-9-23-19(25-16)24-14-4-2-3-13(20)11-14/h2-6,8-9,11H,7,10H2,1H3,(H,21,22)(H,26,27)(H,23,24,25). The summed E-state index contributed by atoms with van der Waals surface area (Å²) in [5, 5.41) is 15.6. The van der Waals surface area contributed by atoms with Crippen LogP contribution in [0.25, 0.3) is 11.3 Å². The first kappa shape index (κ1) is 18.6. The fourth-order valence-electron chi connectivity index (χ4n) is 2.54. The quantitative estimate of drug-likeness (QED) is 0.564. The van der Waals surface area contributed by atoms with E-state index < -0.39 is 5.97 Å². The number of carboxylic acids is 1. The number of aromatic nitrogens is 3. The first-order valence-corrected chi connectivity index (χ1v) is 8.68. The Hall–Kier alpha value is -3.19. The van der Waals surface area contributed by atoms with Crippen molar-refractivity contribution in [3.05, 3.63) is 59.4 Å². The first-order chi connectivity index (χ1) is 13.0. The molecule has 0 radical (unpaired) electrons. The van der Waals surface area contributed by atoms with Gasteiger partial charge in [0.15, 0.2) is 0 Å². The molecule has 3 rings (SSSR count). The molecule has 0 fully saturated rings. The molecule has 0 atom stereocenters. The monoisotopic (exact) mass is 383 g/mol. The van der Waals surface area contributed by atoms with Gasteiger partial charge in [-0.1, -0.05) is 17.7 Å². The van der Waals surface area contributed by atoms with E-state index in [4.69, 9.17) is 16.7 Å². The average molecular weight is 384 g/mol. The van der Waals surface area contributed by atoms with Crippen LogP contribution in [-0.2, 0) is 4.79 Å². The van der Waals surface area contributed by atoms with Crippen molar-refractivity contribution in [3.63, 3.8) is 0 Å². The number of aliphatic carboxylic acids is 1. The van der Waals surface area contributed by atoms with Crippen LogP contribution >= 0.6 is 11.6 Å². The summed E-state index contributed by atoms with van der Waals surface area (Å²) >= 11 is 6.01. The van der Waals surface area contributed by atoms with Crippen molar-refractivity contribution in [1.82, 2.24) is 15.0 Å². The largest absolute Gasteiger partial charge is 0.481 e. The van der Waals surface area contributed by atoms with Crippen LogP contribution in [0.2, 0.25) is 5.02 Å². The lowest BCUT2D eigenvalue weighted by Gasteiger charge is -2.12. The van der Waals surface area contributed by atoms with Gasteiger partial charge in [-0.25, -0.2) is 15.0 Å². The second-order valence-corrected chi connectivity index (χ2v) is 6.24. The van der Waals surface area contributed by atoms with Crippen molar-refractivity contribution in [2.24, 2.45) is 0 Å². The van der Waals surface area contributed by atoms with Crippen molar-refractivity contribution in [2.45, 2.75) is 13.3 Å². The molecule has 0 saturated carbocycles. The Morgan fingerprint density at radius 1 is 1.19 bits per heavy atom. The smallest absolute Gasteiger partial charge is 0.305 e. The van der Waals surface area contributed by atoms with Gasteiger partial charge in [0.25, 0.3) is 0 Å². The Balaban J connectivity index is 1.83. The predicted molar refractivity (Wildman–Crippen MR) is 105 cm³/mol. The lowest BCUT2D eigenvalue weighted by Crippen LogP contribution is -2.10. The van der Waals surface area contributed by atoms with Gasteiger partial charge in [0, 0.05) is 40.8 Å². The molecule has 2 heterocycles. The summed E-state index contributed by atoms with van der Waals surface area (Å²) in [6.07, 6.45) is 3.36. The number of hydrogen-bond acceptors (Lipinski definition) is 6. The number of carbonyl (C=O) groups is 1. The van der Waals surface area contributed by atoms with Gasteiger partial charge in [-0.15, -0.1) is 0 Å². The van der Waals surface area contributed by atoms with E-state index in [2.05, 4.69) is 25.6 Å². The number of nitrogens with zero attached hydrogens (tertiary/aromatic N) is 3. The van der Waals surface area contributed by atoms with Crippen LogP contribution in [0, 0.1) is 6.92 Å². The highest BCUT2D eigenvalue weighted by Crippen LogP contribution is 2.26. The predicted octanol–water partition coefficient (Wildman–Crippen LogP) is 4.13. The van der Waals surface area contributed by atoms with Gasteiger partial charge in [-0.05, 0) is 37.3 Å². The van der Waals surface area contributed by atoms with E-state index in [9.17, 15) is 4.79 Å². The number of halogens is 1. The Bertz CT molecular complexity index is 964. The molecule has 3 N–H and O–H groups in total. The van der Waals surface area contributed by atoms with E-state index >= 15 is 0 Å². The Morgan fingerprint density at radius 2 is 2.00 bits per heavy atom. The summed E-state index contributed by atoms with van der Waals surface area (Å²) in [6, 6.07) is 11.0. The molecule has 8 heteroatoms. The van der Waals surface area contributed by atoms with Gasteiger partial charge in [0.1, 0.15) is 5.82 Å². The highest BCUT2D eigenvalue weighted by Gasteiger charge is 2.10. The lowest BCUT2D eigenvalue weighted by molar-refractivity contribution is -0.136. The van der Waals surface area contributed by atoms with Crippen LogP contribution in [0.3, 0.4) is 0 Å². The summed E-state index contributed by atoms with van der Waals surface area (Å²) in [6.45, 7) is 2.22. The minimum Gasteiger partial charge on any atom is -0.481 e. The molecule has 3 aromatic rings. The Kier molecular flexibility index (Phi) is 5.83. The SMILES string of the molecule is Cc1c(-c2ccnc(Nc3cccc(Cl)c3)n2)ccnc1NCCC(=O)O. The molecule has 0 bridgehead atoms. The average Bonchev–Trinajstić information content (AvgIpc) is 2.63. The molecular formula is C19H18ClN5O2. The van der Waals surface area contributed by atoms with Gasteiger partial charge < -0.3 is 15.7 Å². The number of rotatable bonds is 7. The molecule has 0 aliphatic heterocycles. The molecule has 0 unspecified atom stereocenters. The molecule has 0 aliphatic carbocycles. The van der Waals surface area contributed by atoms with E-state index in [1.807, 2.05) is 31.2 Å². The molecule has 2 aromatic heterocycles. The van der Waals surface area contributed by atoms with E-state index in [-0.39, 0.29) is 6.42 Å². The molecule has 0 amide bonds. The van der Waals surface area contributed by atoms with Crippen molar-refractivity contribution >= 4 is 35.0 Å². The topological polar surface area (TPSA) is 100 Å². The fourth-order valence-corrected chi connectivity index (χ4v) is 2.73. The van der Waals surface area contributed by atoms with Crippen molar-refractivity contribution in [3.8, 4) is 11.3 Å². The van der Waals surface area contributed by atoms with Crippen LogP contribution < -0.4 is 10.6 Å². The third-order valence-electron chi connectivity index (χ3n) is 3.85. The van der Waals surface area contributed by atoms with Crippen LogP contribution in [0.5, 0.6) is 0 Å². The number of carboxylic acid groups (broad SMARTS) is 1. The third-order valence-corrected chi connectivity index (χ3v) is 4.08. The molecule has 0 aliphatic rings. The van der Waals surface area contributed by atoms with Gasteiger partial charge >= 0.3 is 5.97 Å². The zero-order chi connectivity index (χ0) is 19.2. The van der Waals surface area contributed by atoms with Crippen LogP contribution in [0.4, 0.5) is 17.5 Å². The summed E-state index contributed by atoms with van der Waals surface area (Å²) in [7, 11) is 0. The first-order valence-electron chi connectivity index (χ1n) is 8.30. The number of hydrogen-bond donors (Lipinski definition) is 3. The second kappa shape index (κ2) is 8.46. The summed E-state index contributed by atoms with van der Waals surface area (Å²) in [4.78, 5) is 23.8. The van der Waals surface area contributed by atoms with Crippen LogP contribution in [-0.4, -0.2) is 32.6 Å². The molecular weight excluding hydrogens is 366 g/mol. The van der Waals surface area contributed by atoms with Gasteiger partial charge in [-0.2, -0.15) is 0 Å². The maximum absolute atomic E-state index is 10.7. The minimum atomic E-state index is -0.858. The highest BCUT2D eigenvalue weighted by molar-refractivity contribution is 6.30. The number of pyridine rings is 1. The molecule has 0 spiro atoms. The summed E-state index contributed by atoms with van der Waals surface area (Å²) in [5.74, 6) is 0.229. The van der Waals surface area contributed by atoms with E-state index in [1.54, 1.807) is 24.5 Å². The van der Waals surface area contributed by atoms with Crippen molar-refractivity contribution in [2.75, 3.05) is 17.2 Å². The lowest BCUT2D eigenvalue weighted by atomic mass is 10.1. The second-order valence-electron chi connectivity index (χ2n) is 5.80. The molecule has 7 nitrogen and oxygen atoms in total. The van der Waals surface area contributed by atoms with Crippen molar-refractivity contribution < 1.29 is 9.90 Å². The minimum absolute atomic E-state index is 0.0204. The molecule has 0 saturated heterocycles. The third kappa shape index (κ3) is 4.92. The highest BCUT2D eigenvalue weighted by atomic mass is 35.5. The van der Waals surface area contributed by atoms with Crippen molar-refractivity contribution in [1.29, 1.82) is 0 Å². The Morgan fingerprint density at radius 3 is 2.78 bits per heavy atom. The zero-order valence-corrected chi connectivity index (χ0v) is 15.4. The molecule has 138 valence electrons. The van der Waals surface area contributed by atoms with Crippen LogP contribution in [0.15, 0.2) is 48.8 Å².